The molecule has 1 unspecified atom stereocenters. The third-order valence-electron chi connectivity index (χ3n) is 3.58. The Morgan fingerprint density at radius 3 is 2.83 bits per heavy atom. The van der Waals surface area contributed by atoms with Crippen LogP contribution in [0.3, 0.4) is 0 Å². The van der Waals surface area contributed by atoms with E-state index in [-0.39, 0.29) is 17.8 Å². The second-order valence-electron chi connectivity index (χ2n) is 5.19. The molecule has 2 rings (SSSR count). The summed E-state index contributed by atoms with van der Waals surface area (Å²) in [6, 6.07) is 7.70. The molecule has 0 aliphatic heterocycles. The number of hydrogen-bond donors (Lipinski definition) is 2. The number of carbonyl (C=O) groups excluding carboxylic acids is 1. The van der Waals surface area contributed by atoms with Crippen molar-refractivity contribution in [2.45, 2.75) is 26.4 Å². The lowest BCUT2D eigenvalue weighted by Crippen LogP contribution is -2.36. The second kappa shape index (κ2) is 7.58. The summed E-state index contributed by atoms with van der Waals surface area (Å²) >= 11 is 0. The SMILES string of the molecule is COc1ccc(C(C)NC(=O)NCc2cccnc2C)cc1F. The molecule has 2 N–H and O–H groups in total. The first kappa shape index (κ1) is 16.7. The van der Waals surface area contributed by atoms with Crippen LogP contribution in [0.2, 0.25) is 0 Å². The molecule has 0 saturated carbocycles. The van der Waals surface area contributed by atoms with Crippen molar-refractivity contribution in [3.05, 3.63) is 59.2 Å². The first-order chi connectivity index (χ1) is 11.0. The summed E-state index contributed by atoms with van der Waals surface area (Å²) in [5, 5.41) is 5.54. The molecule has 0 aliphatic rings. The van der Waals surface area contributed by atoms with Crippen LogP contribution in [0.5, 0.6) is 5.75 Å². The Balaban J connectivity index is 1.92. The van der Waals surface area contributed by atoms with Gasteiger partial charge in [0, 0.05) is 18.4 Å². The number of aryl methyl sites for hydroxylation is 1. The molecule has 6 heteroatoms. The Morgan fingerprint density at radius 1 is 1.39 bits per heavy atom. The molecule has 23 heavy (non-hydrogen) atoms. The highest BCUT2D eigenvalue weighted by Crippen LogP contribution is 2.21. The van der Waals surface area contributed by atoms with Crippen LogP contribution in [0.15, 0.2) is 36.5 Å². The van der Waals surface area contributed by atoms with Crippen LogP contribution >= 0.6 is 0 Å². The van der Waals surface area contributed by atoms with Crippen LogP contribution in [-0.2, 0) is 6.54 Å². The lowest BCUT2D eigenvalue weighted by molar-refractivity contribution is 0.237. The van der Waals surface area contributed by atoms with Crippen LogP contribution in [0.25, 0.3) is 0 Å². The molecule has 0 spiro atoms. The van der Waals surface area contributed by atoms with E-state index < -0.39 is 5.82 Å². The number of hydrogen-bond acceptors (Lipinski definition) is 3. The van der Waals surface area contributed by atoms with Crippen molar-refractivity contribution in [1.29, 1.82) is 0 Å². The van der Waals surface area contributed by atoms with E-state index in [0.29, 0.717) is 12.1 Å². The second-order valence-corrected chi connectivity index (χ2v) is 5.19. The Bertz CT molecular complexity index is 691. The van der Waals surface area contributed by atoms with Gasteiger partial charge in [0.2, 0.25) is 0 Å². The molecule has 2 aromatic rings. The number of nitrogens with one attached hydrogen (secondary N) is 2. The number of pyridine rings is 1. The zero-order valence-corrected chi connectivity index (χ0v) is 13.4. The standard InChI is InChI=1S/C17H20FN3O2/c1-11-14(5-4-8-19-11)10-20-17(22)21-12(2)13-6-7-16(23-3)15(18)9-13/h4-9,12H,10H2,1-3H3,(H2,20,21,22). The summed E-state index contributed by atoms with van der Waals surface area (Å²) in [4.78, 5) is 16.1. The van der Waals surface area contributed by atoms with Crippen molar-refractivity contribution in [2.75, 3.05) is 7.11 Å². The highest BCUT2D eigenvalue weighted by Gasteiger charge is 2.12. The van der Waals surface area contributed by atoms with E-state index >= 15 is 0 Å². The summed E-state index contributed by atoms with van der Waals surface area (Å²) in [6.45, 7) is 4.06. The molecule has 0 aliphatic carbocycles. The van der Waals surface area contributed by atoms with Crippen molar-refractivity contribution in [2.24, 2.45) is 0 Å². The van der Waals surface area contributed by atoms with Gasteiger partial charge >= 0.3 is 6.03 Å². The van der Waals surface area contributed by atoms with E-state index in [4.69, 9.17) is 4.74 Å². The highest BCUT2D eigenvalue weighted by molar-refractivity contribution is 5.74. The number of methoxy groups -OCH3 is 1. The molecule has 1 aromatic heterocycles. The van der Waals surface area contributed by atoms with Crippen molar-refractivity contribution in [3.63, 3.8) is 0 Å². The van der Waals surface area contributed by atoms with E-state index in [1.807, 2.05) is 19.1 Å². The molecule has 5 nitrogen and oxygen atoms in total. The summed E-state index contributed by atoms with van der Waals surface area (Å²) in [6.07, 6.45) is 1.71. The minimum atomic E-state index is -0.454. The first-order valence-corrected chi connectivity index (χ1v) is 7.29. The maximum atomic E-state index is 13.7. The van der Waals surface area contributed by atoms with Crippen LogP contribution in [-0.4, -0.2) is 18.1 Å². The summed E-state index contributed by atoms with van der Waals surface area (Å²) < 4.78 is 18.6. The van der Waals surface area contributed by atoms with Crippen molar-refractivity contribution in [1.82, 2.24) is 15.6 Å². The molecule has 0 radical (unpaired) electrons. The van der Waals surface area contributed by atoms with E-state index in [0.717, 1.165) is 11.3 Å². The van der Waals surface area contributed by atoms with Crippen molar-refractivity contribution in [3.8, 4) is 5.75 Å². The maximum Gasteiger partial charge on any atom is 0.315 e. The van der Waals surface area contributed by atoms with Gasteiger partial charge in [-0.2, -0.15) is 0 Å². The van der Waals surface area contributed by atoms with Gasteiger partial charge in [-0.05, 0) is 43.2 Å². The fraction of sp³-hybridized carbons (Fsp3) is 0.294. The fourth-order valence-corrected chi connectivity index (χ4v) is 2.16. The first-order valence-electron chi connectivity index (χ1n) is 7.29. The number of ether oxygens (including phenoxy) is 1. The topological polar surface area (TPSA) is 63.2 Å². The number of carbonyl (C=O) groups is 1. The number of nitrogens with zero attached hydrogens (tertiary/aromatic N) is 1. The number of urea groups is 1. The van der Waals surface area contributed by atoms with Crippen LogP contribution < -0.4 is 15.4 Å². The number of halogens is 1. The predicted molar refractivity (Wildman–Crippen MR) is 85.7 cm³/mol. The third-order valence-corrected chi connectivity index (χ3v) is 3.58. The summed E-state index contributed by atoms with van der Waals surface area (Å²) in [5.74, 6) is -0.275. The van der Waals surface area contributed by atoms with Gasteiger partial charge in [0.25, 0.3) is 0 Å². The van der Waals surface area contributed by atoms with Crippen molar-refractivity contribution >= 4 is 6.03 Å². The minimum absolute atomic E-state index is 0.178. The summed E-state index contributed by atoms with van der Waals surface area (Å²) in [7, 11) is 1.41. The Labute approximate surface area is 134 Å². The van der Waals surface area contributed by atoms with Gasteiger partial charge in [0.1, 0.15) is 0 Å². The molecule has 2 amide bonds. The summed E-state index contributed by atoms with van der Waals surface area (Å²) in [5.41, 5.74) is 2.49. The molecule has 0 saturated heterocycles. The molecule has 1 aromatic carbocycles. The Kier molecular flexibility index (Phi) is 5.51. The van der Waals surface area contributed by atoms with Crippen LogP contribution in [0.1, 0.15) is 29.8 Å². The normalized spacial score (nSPS) is 11.7. The molecular formula is C17H20FN3O2. The monoisotopic (exact) mass is 317 g/mol. The van der Waals surface area contributed by atoms with Gasteiger partial charge in [-0.15, -0.1) is 0 Å². The molecular weight excluding hydrogens is 297 g/mol. The number of amides is 2. The van der Waals surface area contributed by atoms with Gasteiger partial charge in [0.05, 0.1) is 13.2 Å². The lowest BCUT2D eigenvalue weighted by Gasteiger charge is -2.16. The zero-order chi connectivity index (χ0) is 16.8. The fourth-order valence-electron chi connectivity index (χ4n) is 2.16. The largest absolute Gasteiger partial charge is 0.494 e. The molecule has 0 bridgehead atoms. The van der Waals surface area contributed by atoms with E-state index in [1.54, 1.807) is 25.3 Å². The highest BCUT2D eigenvalue weighted by atomic mass is 19.1. The van der Waals surface area contributed by atoms with E-state index in [9.17, 15) is 9.18 Å². The molecule has 0 fully saturated rings. The lowest BCUT2D eigenvalue weighted by atomic mass is 10.1. The van der Waals surface area contributed by atoms with Gasteiger partial charge in [-0.25, -0.2) is 9.18 Å². The predicted octanol–water partition coefficient (Wildman–Crippen LogP) is 3.10. The average molecular weight is 317 g/mol. The van der Waals surface area contributed by atoms with Crippen molar-refractivity contribution < 1.29 is 13.9 Å². The molecule has 122 valence electrons. The van der Waals surface area contributed by atoms with Gasteiger partial charge in [-0.3, -0.25) is 4.98 Å². The van der Waals surface area contributed by atoms with Gasteiger partial charge in [0.15, 0.2) is 11.6 Å². The zero-order valence-electron chi connectivity index (χ0n) is 13.4. The van der Waals surface area contributed by atoms with E-state index in [1.165, 1.54) is 13.2 Å². The number of benzene rings is 1. The molecule has 1 heterocycles. The Hall–Kier alpha value is -2.63. The Morgan fingerprint density at radius 2 is 2.17 bits per heavy atom. The quantitative estimate of drug-likeness (QED) is 0.890. The number of rotatable bonds is 5. The van der Waals surface area contributed by atoms with E-state index in [2.05, 4.69) is 15.6 Å². The average Bonchev–Trinajstić information content (AvgIpc) is 2.54. The minimum Gasteiger partial charge on any atom is -0.494 e. The molecule has 1 atom stereocenters. The van der Waals surface area contributed by atoms with Crippen LogP contribution in [0, 0.1) is 12.7 Å². The maximum absolute atomic E-state index is 13.7. The van der Waals surface area contributed by atoms with Crippen LogP contribution in [0.4, 0.5) is 9.18 Å². The smallest absolute Gasteiger partial charge is 0.315 e. The third kappa shape index (κ3) is 4.42. The number of aromatic nitrogens is 1. The van der Waals surface area contributed by atoms with Gasteiger partial charge < -0.3 is 15.4 Å². The van der Waals surface area contributed by atoms with Gasteiger partial charge in [-0.1, -0.05) is 12.1 Å².